The van der Waals surface area contributed by atoms with Gasteiger partial charge in [-0.3, -0.25) is 19.9 Å². The van der Waals surface area contributed by atoms with Gasteiger partial charge in [-0.2, -0.15) is 4.99 Å². The Morgan fingerprint density at radius 1 is 1.18 bits per heavy atom. The second-order valence-electron chi connectivity index (χ2n) is 7.83. The monoisotopic (exact) mass is 487 g/mol. The summed E-state index contributed by atoms with van der Waals surface area (Å²) in [5, 5.41) is 26.4. The number of hydrogen-bond acceptors (Lipinski definition) is 9. The number of fused-ring (bicyclic) bond motifs is 1. The van der Waals surface area contributed by atoms with Crippen LogP contribution in [0.5, 0.6) is 0 Å². The van der Waals surface area contributed by atoms with E-state index in [0.29, 0.717) is 25.2 Å². The number of amidine groups is 1. The van der Waals surface area contributed by atoms with Crippen molar-refractivity contribution >= 4 is 35.5 Å². The van der Waals surface area contributed by atoms with Gasteiger partial charge in [-0.25, -0.2) is 0 Å². The van der Waals surface area contributed by atoms with Crippen molar-refractivity contribution in [2.45, 2.75) is 38.1 Å². The third-order valence-corrected chi connectivity index (χ3v) is 5.48. The molecule has 0 aliphatic carbocycles. The minimum Gasteiger partial charge on any atom is -0.550 e. The van der Waals surface area contributed by atoms with Crippen LogP contribution in [0, 0.1) is 11.8 Å². The third kappa shape index (κ3) is 8.47. The molecule has 0 radical (unpaired) electrons. The van der Waals surface area contributed by atoms with Crippen molar-refractivity contribution in [3.05, 3.63) is 35.4 Å². The molecule has 170 valence electrons. The number of carbonyl (C=O) groups excluding carboxylic acids is 4. The summed E-state index contributed by atoms with van der Waals surface area (Å²) in [7, 11) is 0. The molecule has 1 aromatic rings. The van der Waals surface area contributed by atoms with Gasteiger partial charge in [0.1, 0.15) is 5.84 Å². The molecule has 1 unspecified atom stereocenters. The molecule has 4 N–H and O–H groups in total. The molecular formula is C21H23N5Na2O6. The minimum absolute atomic E-state index is 0. The van der Waals surface area contributed by atoms with E-state index in [0.717, 1.165) is 12.0 Å². The second kappa shape index (κ2) is 14.0. The Hall–Kier alpha value is -1.76. The van der Waals surface area contributed by atoms with Crippen LogP contribution >= 0.6 is 0 Å². The van der Waals surface area contributed by atoms with E-state index in [-0.39, 0.29) is 94.8 Å². The molecule has 13 heteroatoms. The normalized spacial score (nSPS) is 19.6. The maximum absolute atomic E-state index is 12.3. The number of aryl methyl sites for hydroxylation is 1. The van der Waals surface area contributed by atoms with Crippen molar-refractivity contribution in [3.63, 3.8) is 0 Å². The number of nitrogens with one attached hydrogen (secondary N) is 2. The first-order chi connectivity index (χ1) is 15.2. The number of hydrogen-bond donors (Lipinski definition) is 3. The predicted molar refractivity (Wildman–Crippen MR) is 109 cm³/mol. The number of aliphatic imine (C=N–C) groups is 2. The SMILES string of the molecule is NC1=NC2=NC[C@H](CCc3ccc(C(=O)N[C@@H](CCC(=O)[O-])C(=O)[O-])cc3)CC2C(=O)N1.[Na+].[Na+]. The van der Waals surface area contributed by atoms with Gasteiger partial charge in [0.25, 0.3) is 5.91 Å². The fourth-order valence-electron chi connectivity index (χ4n) is 3.70. The summed E-state index contributed by atoms with van der Waals surface area (Å²) in [4.78, 5) is 54.5. The zero-order valence-electron chi connectivity index (χ0n) is 19.2. The molecule has 0 fully saturated rings. The quantitative estimate of drug-likeness (QED) is 0.288. The molecule has 2 heterocycles. The van der Waals surface area contributed by atoms with Gasteiger partial charge in [0.2, 0.25) is 11.9 Å². The Balaban J connectivity index is 0.00000289. The molecule has 0 saturated carbocycles. The van der Waals surface area contributed by atoms with Crippen LogP contribution in [0.15, 0.2) is 34.3 Å². The average Bonchev–Trinajstić information content (AvgIpc) is 2.75. The van der Waals surface area contributed by atoms with Crippen LogP contribution in [0.3, 0.4) is 0 Å². The number of rotatable bonds is 9. The number of carbonyl (C=O) groups is 4. The van der Waals surface area contributed by atoms with Gasteiger partial charge in [-0.05, 0) is 55.7 Å². The van der Waals surface area contributed by atoms with Crippen molar-refractivity contribution in [1.82, 2.24) is 10.6 Å². The van der Waals surface area contributed by atoms with Gasteiger partial charge in [0.05, 0.1) is 17.9 Å². The van der Waals surface area contributed by atoms with Crippen molar-refractivity contribution in [3.8, 4) is 0 Å². The van der Waals surface area contributed by atoms with Gasteiger partial charge in [0, 0.05) is 18.1 Å². The number of nitrogens with zero attached hydrogens (tertiary/aromatic N) is 2. The molecule has 3 atom stereocenters. The van der Waals surface area contributed by atoms with Crippen molar-refractivity contribution in [2.75, 3.05) is 6.54 Å². The maximum atomic E-state index is 12.3. The molecule has 0 bridgehead atoms. The fraction of sp³-hybridized carbons (Fsp3) is 0.429. The number of guanidine groups is 1. The zero-order valence-corrected chi connectivity index (χ0v) is 23.2. The molecule has 11 nitrogen and oxygen atoms in total. The van der Waals surface area contributed by atoms with Crippen LogP contribution in [-0.4, -0.2) is 48.1 Å². The molecule has 2 aliphatic heterocycles. The molecule has 0 saturated heterocycles. The Bertz CT molecular complexity index is 982. The summed E-state index contributed by atoms with van der Waals surface area (Å²) in [5.74, 6) is -3.43. The topological polar surface area (TPSA) is 189 Å². The van der Waals surface area contributed by atoms with Crippen LogP contribution in [0.1, 0.15) is 41.6 Å². The smallest absolute Gasteiger partial charge is 0.550 e. The van der Waals surface area contributed by atoms with Gasteiger partial charge >= 0.3 is 59.1 Å². The first-order valence-corrected chi connectivity index (χ1v) is 10.2. The third-order valence-electron chi connectivity index (χ3n) is 5.48. The maximum Gasteiger partial charge on any atom is 1.00 e. The minimum atomic E-state index is -1.56. The number of carboxylic acid groups (broad SMARTS) is 2. The van der Waals surface area contributed by atoms with Gasteiger partial charge in [-0.1, -0.05) is 12.1 Å². The van der Waals surface area contributed by atoms with Gasteiger partial charge < -0.3 is 30.9 Å². The van der Waals surface area contributed by atoms with E-state index in [1.807, 2.05) is 0 Å². The van der Waals surface area contributed by atoms with E-state index in [9.17, 15) is 29.4 Å². The van der Waals surface area contributed by atoms with Crippen molar-refractivity contribution in [2.24, 2.45) is 27.6 Å². The van der Waals surface area contributed by atoms with E-state index < -0.39 is 30.3 Å². The molecule has 2 aliphatic rings. The number of amides is 2. The predicted octanol–water partition coefficient (Wildman–Crippen LogP) is -8.52. The summed E-state index contributed by atoms with van der Waals surface area (Å²) in [5.41, 5.74) is 6.77. The van der Waals surface area contributed by atoms with Crippen LogP contribution < -0.4 is 85.7 Å². The van der Waals surface area contributed by atoms with Crippen LogP contribution in [0.25, 0.3) is 0 Å². The number of nitrogens with two attached hydrogens (primary N) is 1. The Morgan fingerprint density at radius 2 is 1.85 bits per heavy atom. The van der Waals surface area contributed by atoms with Gasteiger partial charge in [0.15, 0.2) is 0 Å². The van der Waals surface area contributed by atoms with E-state index in [2.05, 4.69) is 20.6 Å². The largest absolute Gasteiger partial charge is 1.00 e. The number of benzene rings is 1. The summed E-state index contributed by atoms with van der Waals surface area (Å²) in [6.45, 7) is 0.562. The molecule has 1 aromatic carbocycles. The Kier molecular flexibility index (Phi) is 12.4. The average molecular weight is 487 g/mol. The second-order valence-corrected chi connectivity index (χ2v) is 7.83. The Morgan fingerprint density at radius 3 is 2.47 bits per heavy atom. The summed E-state index contributed by atoms with van der Waals surface area (Å²) in [6, 6.07) is 5.24. The van der Waals surface area contributed by atoms with E-state index in [1.165, 1.54) is 0 Å². The number of aliphatic carboxylic acids is 2. The standard InChI is InChI=1S/C21H25N5O6.2Na/c22-21-25-17-14(19(30)26-21)9-12(10-23-17)2-1-11-3-5-13(6-4-11)18(29)24-15(20(31)32)7-8-16(27)28;;/h3-6,12,14-15H,1-2,7-10H2,(H,24,29)(H,27,28)(H,31,32)(H3,22,23,25,26,30);;/q;2*+1/p-2/t12-,14?,15+;;/m1../s1. The molecule has 2 amide bonds. The first-order valence-electron chi connectivity index (χ1n) is 10.2. The first kappa shape index (κ1) is 30.3. The molecule has 3 rings (SSSR count). The molecule has 34 heavy (non-hydrogen) atoms. The van der Waals surface area contributed by atoms with Crippen molar-refractivity contribution in [1.29, 1.82) is 0 Å². The van der Waals surface area contributed by atoms with Gasteiger partial charge in [-0.15, -0.1) is 0 Å². The van der Waals surface area contributed by atoms with E-state index in [4.69, 9.17) is 5.73 Å². The summed E-state index contributed by atoms with van der Waals surface area (Å²) >= 11 is 0. The molecule has 0 spiro atoms. The Labute approximate surface area is 240 Å². The van der Waals surface area contributed by atoms with E-state index in [1.54, 1.807) is 24.3 Å². The molecular weight excluding hydrogens is 464 g/mol. The number of carboxylic acids is 2. The fourth-order valence-corrected chi connectivity index (χ4v) is 3.70. The van der Waals surface area contributed by atoms with Crippen LogP contribution in [0.2, 0.25) is 0 Å². The molecule has 0 aromatic heterocycles. The summed E-state index contributed by atoms with van der Waals surface area (Å²) in [6.07, 6.45) is 1.31. The van der Waals surface area contributed by atoms with E-state index >= 15 is 0 Å². The summed E-state index contributed by atoms with van der Waals surface area (Å²) < 4.78 is 0. The van der Waals surface area contributed by atoms with Crippen molar-refractivity contribution < 1.29 is 88.5 Å². The van der Waals surface area contributed by atoms with Crippen LogP contribution in [-0.2, 0) is 20.8 Å². The zero-order chi connectivity index (χ0) is 23.3. The van der Waals surface area contributed by atoms with Crippen LogP contribution in [0.4, 0.5) is 0 Å².